The molecule has 0 saturated carbocycles. The zero-order valence-electron chi connectivity index (χ0n) is 9.91. The van der Waals surface area contributed by atoms with Gasteiger partial charge in [-0.3, -0.25) is 0 Å². The number of nitrogens with zero attached hydrogens (tertiary/aromatic N) is 1. The Hall–Kier alpha value is -2.00. The zero-order valence-corrected chi connectivity index (χ0v) is 10.7. The number of rotatable bonds is 4. The topological polar surface area (TPSA) is 73.5 Å². The van der Waals surface area contributed by atoms with E-state index in [1.165, 1.54) is 0 Å². The highest BCUT2D eigenvalue weighted by Crippen LogP contribution is 2.28. The Bertz CT molecular complexity index is 605. The van der Waals surface area contributed by atoms with Crippen molar-refractivity contribution in [3.05, 3.63) is 53.6 Å². The van der Waals surface area contributed by atoms with Crippen LogP contribution in [0.5, 0.6) is 11.5 Å². The number of nitriles is 1. The van der Waals surface area contributed by atoms with Gasteiger partial charge in [0.1, 0.15) is 11.5 Å². The highest BCUT2D eigenvalue weighted by atomic mass is 32.2. The fraction of sp³-hybridized carbons (Fsp3) is 0.0714. The number of benzene rings is 2. The number of hydrogen-bond acceptors (Lipinski definition) is 5. The van der Waals surface area contributed by atoms with Gasteiger partial charge in [-0.25, -0.2) is 0 Å². The van der Waals surface area contributed by atoms with Crippen molar-refractivity contribution in [2.45, 2.75) is 11.5 Å². The van der Waals surface area contributed by atoms with E-state index in [1.807, 2.05) is 6.07 Å². The summed E-state index contributed by atoms with van der Waals surface area (Å²) in [6.45, 7) is -0.173. The van der Waals surface area contributed by atoms with Crippen LogP contribution in [-0.4, -0.2) is 9.66 Å². The first-order valence-corrected chi connectivity index (χ1v) is 6.27. The average molecular weight is 273 g/mol. The maximum atomic E-state index is 9.19. The summed E-state index contributed by atoms with van der Waals surface area (Å²) < 4.78 is 14.6. The molecule has 0 aliphatic rings. The van der Waals surface area contributed by atoms with Gasteiger partial charge in [-0.2, -0.15) is 5.26 Å². The molecule has 0 aliphatic carbocycles. The maximum absolute atomic E-state index is 9.19. The molecule has 0 aliphatic heterocycles. The van der Waals surface area contributed by atoms with Crippen molar-refractivity contribution in [3.8, 4) is 17.6 Å². The van der Waals surface area contributed by atoms with Crippen LogP contribution in [0.25, 0.3) is 0 Å². The Kier molecular flexibility index (Phi) is 4.42. The molecule has 0 unspecified atom stereocenters. The van der Waals surface area contributed by atoms with Gasteiger partial charge in [0.15, 0.2) is 0 Å². The standard InChI is InChI=1S/C14H11NO3S/c15-8-10-1-3-12(4-2-10)18-13-5-6-14(19-17)11(7-13)9-16/h1-7,16-17H,9H2. The fourth-order valence-electron chi connectivity index (χ4n) is 1.57. The average Bonchev–Trinajstić information content (AvgIpc) is 2.48. The molecule has 19 heavy (non-hydrogen) atoms. The van der Waals surface area contributed by atoms with Crippen LogP contribution < -0.4 is 4.74 Å². The molecule has 0 bridgehead atoms. The Balaban J connectivity index is 2.20. The minimum Gasteiger partial charge on any atom is -0.457 e. The third-order valence-electron chi connectivity index (χ3n) is 2.52. The summed E-state index contributed by atoms with van der Waals surface area (Å²) in [5, 5.41) is 17.9. The fourth-order valence-corrected chi connectivity index (χ4v) is 1.94. The van der Waals surface area contributed by atoms with Crippen LogP contribution in [0.2, 0.25) is 0 Å². The summed E-state index contributed by atoms with van der Waals surface area (Å²) in [5.41, 5.74) is 1.16. The molecule has 0 aromatic heterocycles. The van der Waals surface area contributed by atoms with Gasteiger partial charge in [-0.15, -0.1) is 0 Å². The van der Waals surface area contributed by atoms with Crippen LogP contribution in [-0.2, 0) is 6.61 Å². The lowest BCUT2D eigenvalue weighted by atomic mass is 10.2. The summed E-state index contributed by atoms with van der Waals surface area (Å²) in [5.74, 6) is 1.17. The summed E-state index contributed by atoms with van der Waals surface area (Å²) in [7, 11) is 0. The smallest absolute Gasteiger partial charge is 0.127 e. The van der Waals surface area contributed by atoms with Gasteiger partial charge in [0.25, 0.3) is 0 Å². The second-order valence-corrected chi connectivity index (χ2v) is 4.38. The molecule has 0 atom stereocenters. The van der Waals surface area contributed by atoms with Gasteiger partial charge in [-0.1, -0.05) is 0 Å². The molecule has 2 rings (SSSR count). The monoisotopic (exact) mass is 273 g/mol. The predicted molar refractivity (Wildman–Crippen MR) is 72.1 cm³/mol. The highest BCUT2D eigenvalue weighted by Gasteiger charge is 2.05. The Morgan fingerprint density at radius 3 is 2.37 bits per heavy atom. The van der Waals surface area contributed by atoms with E-state index < -0.39 is 0 Å². The van der Waals surface area contributed by atoms with E-state index in [1.54, 1.807) is 42.5 Å². The molecule has 0 fully saturated rings. The molecular formula is C14H11NO3S. The molecule has 96 valence electrons. The first-order chi connectivity index (χ1) is 9.26. The van der Waals surface area contributed by atoms with Gasteiger partial charge in [0.05, 0.1) is 18.2 Å². The first kappa shape index (κ1) is 13.4. The van der Waals surface area contributed by atoms with Gasteiger partial charge >= 0.3 is 0 Å². The van der Waals surface area contributed by atoms with E-state index in [9.17, 15) is 5.11 Å². The Morgan fingerprint density at radius 1 is 1.11 bits per heavy atom. The quantitative estimate of drug-likeness (QED) is 0.835. The SMILES string of the molecule is N#Cc1ccc(Oc2ccc(SO)c(CO)c2)cc1. The molecule has 0 heterocycles. The van der Waals surface area contributed by atoms with Crippen molar-refractivity contribution in [2.24, 2.45) is 0 Å². The van der Waals surface area contributed by atoms with Gasteiger partial charge in [0.2, 0.25) is 0 Å². The molecule has 2 N–H and O–H groups in total. The van der Waals surface area contributed by atoms with Crippen LogP contribution in [0.1, 0.15) is 11.1 Å². The lowest BCUT2D eigenvalue weighted by molar-refractivity contribution is 0.278. The van der Waals surface area contributed by atoms with E-state index >= 15 is 0 Å². The molecule has 0 saturated heterocycles. The van der Waals surface area contributed by atoms with E-state index in [0.717, 1.165) is 0 Å². The minimum atomic E-state index is -0.173. The first-order valence-electron chi connectivity index (χ1n) is 5.50. The van der Waals surface area contributed by atoms with Crippen molar-refractivity contribution in [1.82, 2.24) is 0 Å². The number of ether oxygens (including phenoxy) is 1. The summed E-state index contributed by atoms with van der Waals surface area (Å²) in [6.07, 6.45) is 0. The largest absolute Gasteiger partial charge is 0.457 e. The number of hydrogen-bond donors (Lipinski definition) is 2. The van der Waals surface area contributed by atoms with Crippen molar-refractivity contribution in [1.29, 1.82) is 5.26 Å². The van der Waals surface area contributed by atoms with Crippen LogP contribution >= 0.6 is 12.0 Å². The summed E-state index contributed by atoms with van der Waals surface area (Å²) >= 11 is 0.588. The van der Waals surface area contributed by atoms with Crippen LogP contribution in [0.4, 0.5) is 0 Å². The molecule has 5 heteroatoms. The third-order valence-corrected chi connectivity index (χ3v) is 3.11. The third kappa shape index (κ3) is 3.26. The molecular weight excluding hydrogens is 262 g/mol. The maximum Gasteiger partial charge on any atom is 0.127 e. The Morgan fingerprint density at radius 2 is 1.79 bits per heavy atom. The molecule has 0 spiro atoms. The molecule has 2 aromatic rings. The van der Waals surface area contributed by atoms with E-state index in [2.05, 4.69) is 0 Å². The van der Waals surface area contributed by atoms with Crippen LogP contribution in [0.3, 0.4) is 0 Å². The van der Waals surface area contributed by atoms with E-state index in [0.29, 0.717) is 39.6 Å². The number of aliphatic hydroxyl groups is 1. The van der Waals surface area contributed by atoms with Crippen molar-refractivity contribution >= 4 is 12.0 Å². The summed E-state index contributed by atoms with van der Waals surface area (Å²) in [4.78, 5) is 0.592. The molecule has 4 nitrogen and oxygen atoms in total. The highest BCUT2D eigenvalue weighted by molar-refractivity contribution is 7.93. The summed E-state index contributed by atoms with van der Waals surface area (Å²) in [6, 6.07) is 13.8. The lowest BCUT2D eigenvalue weighted by Crippen LogP contribution is -1.90. The normalized spacial score (nSPS) is 9.95. The molecule has 0 radical (unpaired) electrons. The van der Waals surface area contributed by atoms with Gasteiger partial charge in [0, 0.05) is 16.9 Å². The second kappa shape index (κ2) is 6.25. The molecule has 0 amide bonds. The van der Waals surface area contributed by atoms with Gasteiger partial charge in [-0.05, 0) is 48.0 Å². The Labute approximate surface area is 115 Å². The number of aliphatic hydroxyl groups excluding tert-OH is 1. The van der Waals surface area contributed by atoms with Crippen LogP contribution in [0, 0.1) is 11.3 Å². The second-order valence-electron chi connectivity index (χ2n) is 3.76. The van der Waals surface area contributed by atoms with Gasteiger partial charge < -0.3 is 14.4 Å². The van der Waals surface area contributed by atoms with Crippen molar-refractivity contribution in [2.75, 3.05) is 0 Å². The predicted octanol–water partition coefficient (Wildman–Crippen LogP) is 3.41. The van der Waals surface area contributed by atoms with E-state index in [4.69, 9.17) is 14.6 Å². The van der Waals surface area contributed by atoms with Crippen LogP contribution in [0.15, 0.2) is 47.4 Å². The van der Waals surface area contributed by atoms with Crippen molar-refractivity contribution in [3.63, 3.8) is 0 Å². The van der Waals surface area contributed by atoms with Crippen molar-refractivity contribution < 1.29 is 14.4 Å². The molecule has 2 aromatic carbocycles. The minimum absolute atomic E-state index is 0.173. The zero-order chi connectivity index (χ0) is 13.7. The van der Waals surface area contributed by atoms with E-state index in [-0.39, 0.29) is 6.61 Å². The lowest BCUT2D eigenvalue weighted by Gasteiger charge is -2.09.